The second-order valence-corrected chi connectivity index (χ2v) is 5.25. The summed E-state index contributed by atoms with van der Waals surface area (Å²) in [5, 5.41) is 4.41. The van der Waals surface area contributed by atoms with Gasteiger partial charge in [-0.15, -0.1) is 23.5 Å². The molecule has 0 N–H and O–H groups in total. The minimum atomic E-state index is 0.815. The molecule has 1 atom stereocenters. The number of thioether (sulfide) groups is 2. The van der Waals surface area contributed by atoms with Crippen molar-refractivity contribution in [1.29, 1.82) is 0 Å². The van der Waals surface area contributed by atoms with E-state index in [4.69, 9.17) is 0 Å². The van der Waals surface area contributed by atoms with Gasteiger partial charge in [-0.05, 0) is 23.2 Å². The van der Waals surface area contributed by atoms with Crippen LogP contribution in [0.1, 0.15) is 26.7 Å². The Kier molecular flexibility index (Phi) is 3.71. The normalized spacial score (nSPS) is 21.8. The maximum Gasteiger partial charge on any atom is 0.0587 e. The zero-order valence-corrected chi connectivity index (χ0v) is 8.17. The molecule has 0 aromatic rings. The van der Waals surface area contributed by atoms with Crippen molar-refractivity contribution in [3.05, 3.63) is 10.8 Å². The minimum Gasteiger partial charge on any atom is -0.119 e. The first kappa shape index (κ1) is 8.54. The highest BCUT2D eigenvalue weighted by Gasteiger charge is 2.13. The number of hydrogen-bond donors (Lipinski definition) is 0. The molecule has 58 valence electrons. The maximum atomic E-state index is 2.33. The molecule has 0 aromatic carbocycles. The minimum absolute atomic E-state index is 0.815. The van der Waals surface area contributed by atoms with Gasteiger partial charge < -0.3 is 0 Å². The van der Waals surface area contributed by atoms with E-state index in [9.17, 15) is 0 Å². The first-order valence-electron chi connectivity index (χ1n) is 3.79. The molecule has 10 heavy (non-hydrogen) atoms. The fourth-order valence-electron chi connectivity index (χ4n) is 0.878. The molecule has 1 rings (SSSR count). The summed E-state index contributed by atoms with van der Waals surface area (Å²) in [5.74, 6) is 0.893. The average Bonchev–Trinajstić information content (AvgIpc) is 2.40. The Labute approximate surface area is 71.8 Å². The SMILES string of the molecule is CCC(C)CC1SC=CS1. The molecule has 0 spiro atoms. The lowest BCUT2D eigenvalue weighted by Gasteiger charge is -2.12. The first-order valence-corrected chi connectivity index (χ1v) is 5.67. The van der Waals surface area contributed by atoms with Gasteiger partial charge in [0.25, 0.3) is 0 Å². The highest BCUT2D eigenvalue weighted by atomic mass is 32.2. The highest BCUT2D eigenvalue weighted by Crippen LogP contribution is 2.37. The summed E-state index contributed by atoms with van der Waals surface area (Å²) >= 11 is 3.94. The molecule has 1 aliphatic heterocycles. The third-order valence-corrected chi connectivity index (χ3v) is 4.23. The van der Waals surface area contributed by atoms with E-state index in [2.05, 4.69) is 24.7 Å². The summed E-state index contributed by atoms with van der Waals surface area (Å²) in [5.41, 5.74) is 0. The van der Waals surface area contributed by atoms with Crippen LogP contribution in [0.3, 0.4) is 0 Å². The van der Waals surface area contributed by atoms with Gasteiger partial charge in [0.15, 0.2) is 0 Å². The van der Waals surface area contributed by atoms with Gasteiger partial charge in [0.05, 0.1) is 4.58 Å². The maximum absolute atomic E-state index is 2.33. The van der Waals surface area contributed by atoms with Gasteiger partial charge in [0.1, 0.15) is 0 Å². The van der Waals surface area contributed by atoms with Gasteiger partial charge in [0, 0.05) is 0 Å². The zero-order valence-electron chi connectivity index (χ0n) is 6.54. The van der Waals surface area contributed by atoms with Crippen LogP contribution in [-0.2, 0) is 0 Å². The molecule has 0 amide bonds. The van der Waals surface area contributed by atoms with Crippen molar-refractivity contribution in [2.75, 3.05) is 0 Å². The largest absolute Gasteiger partial charge is 0.119 e. The van der Waals surface area contributed by atoms with Gasteiger partial charge in [-0.3, -0.25) is 0 Å². The molecule has 1 heterocycles. The van der Waals surface area contributed by atoms with Crippen molar-refractivity contribution in [3.63, 3.8) is 0 Å². The van der Waals surface area contributed by atoms with Crippen LogP contribution in [0.4, 0.5) is 0 Å². The van der Waals surface area contributed by atoms with Crippen LogP contribution in [0, 0.1) is 5.92 Å². The van der Waals surface area contributed by atoms with Crippen molar-refractivity contribution in [2.45, 2.75) is 31.3 Å². The molecule has 0 nitrogen and oxygen atoms in total. The number of rotatable bonds is 3. The van der Waals surface area contributed by atoms with Gasteiger partial charge in [-0.1, -0.05) is 20.3 Å². The molecule has 0 saturated heterocycles. The second kappa shape index (κ2) is 4.35. The Bertz CT molecular complexity index is 112. The van der Waals surface area contributed by atoms with Crippen LogP contribution >= 0.6 is 23.5 Å². The third-order valence-electron chi connectivity index (χ3n) is 1.81. The van der Waals surface area contributed by atoms with E-state index in [1.807, 2.05) is 23.5 Å². The van der Waals surface area contributed by atoms with Crippen molar-refractivity contribution < 1.29 is 0 Å². The Hall–Kier alpha value is 0.440. The van der Waals surface area contributed by atoms with Crippen molar-refractivity contribution in [3.8, 4) is 0 Å². The first-order chi connectivity index (χ1) is 4.83. The predicted molar refractivity (Wildman–Crippen MR) is 52.2 cm³/mol. The Morgan fingerprint density at radius 2 is 2.00 bits per heavy atom. The molecule has 2 heteroatoms. The van der Waals surface area contributed by atoms with E-state index < -0.39 is 0 Å². The van der Waals surface area contributed by atoms with Gasteiger partial charge in [0.2, 0.25) is 0 Å². The monoisotopic (exact) mass is 174 g/mol. The average molecular weight is 174 g/mol. The van der Waals surface area contributed by atoms with E-state index in [1.165, 1.54) is 12.8 Å². The van der Waals surface area contributed by atoms with E-state index in [0.717, 1.165) is 10.5 Å². The fourth-order valence-corrected chi connectivity index (χ4v) is 3.26. The molecule has 1 unspecified atom stereocenters. The summed E-state index contributed by atoms with van der Waals surface area (Å²) in [6, 6.07) is 0. The summed E-state index contributed by atoms with van der Waals surface area (Å²) in [6.07, 6.45) is 2.68. The van der Waals surface area contributed by atoms with Crippen LogP contribution in [0.5, 0.6) is 0 Å². The van der Waals surface area contributed by atoms with Crippen molar-refractivity contribution >= 4 is 23.5 Å². The Balaban J connectivity index is 2.13. The van der Waals surface area contributed by atoms with Crippen molar-refractivity contribution in [2.24, 2.45) is 5.92 Å². The third kappa shape index (κ3) is 2.59. The quantitative estimate of drug-likeness (QED) is 0.640. The summed E-state index contributed by atoms with van der Waals surface area (Å²) in [6.45, 7) is 4.60. The Morgan fingerprint density at radius 1 is 1.40 bits per heavy atom. The molecule has 0 aromatic heterocycles. The molecule has 0 aliphatic carbocycles. The van der Waals surface area contributed by atoms with Crippen LogP contribution in [-0.4, -0.2) is 4.58 Å². The highest BCUT2D eigenvalue weighted by molar-refractivity contribution is 8.22. The fraction of sp³-hybridized carbons (Fsp3) is 0.750. The topological polar surface area (TPSA) is 0 Å². The lowest BCUT2D eigenvalue weighted by atomic mass is 10.1. The molecule has 0 saturated carbocycles. The van der Waals surface area contributed by atoms with Crippen LogP contribution in [0.25, 0.3) is 0 Å². The van der Waals surface area contributed by atoms with E-state index in [-0.39, 0.29) is 0 Å². The second-order valence-electron chi connectivity index (χ2n) is 2.72. The van der Waals surface area contributed by atoms with E-state index >= 15 is 0 Å². The standard InChI is InChI=1S/C8H14S2/c1-3-7(2)6-8-9-4-5-10-8/h4-5,7-8H,3,6H2,1-2H3. The molecular weight excluding hydrogens is 160 g/mol. The van der Waals surface area contributed by atoms with Crippen LogP contribution < -0.4 is 0 Å². The summed E-state index contributed by atoms with van der Waals surface area (Å²) in [4.78, 5) is 0. The van der Waals surface area contributed by atoms with Gasteiger partial charge in [-0.2, -0.15) is 0 Å². The van der Waals surface area contributed by atoms with Crippen LogP contribution in [0.2, 0.25) is 0 Å². The zero-order chi connectivity index (χ0) is 7.40. The van der Waals surface area contributed by atoms with Crippen molar-refractivity contribution in [1.82, 2.24) is 0 Å². The van der Waals surface area contributed by atoms with E-state index in [1.54, 1.807) is 0 Å². The van der Waals surface area contributed by atoms with E-state index in [0.29, 0.717) is 0 Å². The smallest absolute Gasteiger partial charge is 0.0587 e. The molecule has 0 bridgehead atoms. The van der Waals surface area contributed by atoms with Gasteiger partial charge in [-0.25, -0.2) is 0 Å². The summed E-state index contributed by atoms with van der Waals surface area (Å²) < 4.78 is 0.815. The lowest BCUT2D eigenvalue weighted by Crippen LogP contribution is -2.00. The van der Waals surface area contributed by atoms with Crippen LogP contribution in [0.15, 0.2) is 10.8 Å². The lowest BCUT2D eigenvalue weighted by molar-refractivity contribution is 0.541. The van der Waals surface area contributed by atoms with Gasteiger partial charge >= 0.3 is 0 Å². The molecular formula is C8H14S2. The summed E-state index contributed by atoms with van der Waals surface area (Å²) in [7, 11) is 0. The molecule has 1 aliphatic rings. The predicted octanol–water partition coefficient (Wildman–Crippen LogP) is 3.70. The number of hydrogen-bond acceptors (Lipinski definition) is 2. The Morgan fingerprint density at radius 3 is 2.50 bits per heavy atom. The molecule has 0 fully saturated rings. The molecule has 0 radical (unpaired) electrons.